The average molecular weight is 202 g/mol. The van der Waals surface area contributed by atoms with E-state index >= 15 is 0 Å². The maximum absolute atomic E-state index is 4.28. The fourth-order valence-corrected chi connectivity index (χ4v) is 3.18. The molecule has 0 aromatic carbocycles. The molecule has 2 aliphatic rings. The highest BCUT2D eigenvalue weighted by Crippen LogP contribution is 2.55. The lowest BCUT2D eigenvalue weighted by atomic mass is 9.65. The van der Waals surface area contributed by atoms with Crippen molar-refractivity contribution in [1.82, 2.24) is 0 Å². The Labute approximate surface area is 93.8 Å². The van der Waals surface area contributed by atoms with Gasteiger partial charge in [-0.15, -0.1) is 0 Å². The molecule has 0 amide bonds. The van der Waals surface area contributed by atoms with Gasteiger partial charge in [-0.3, -0.25) is 0 Å². The van der Waals surface area contributed by atoms with Gasteiger partial charge >= 0.3 is 0 Å². The van der Waals surface area contributed by atoms with Crippen molar-refractivity contribution in [1.29, 1.82) is 0 Å². The first-order valence-corrected chi connectivity index (χ1v) is 6.07. The summed E-state index contributed by atoms with van der Waals surface area (Å²) in [5.41, 5.74) is 4.98. The molecule has 0 heteroatoms. The second kappa shape index (κ2) is 3.66. The second-order valence-corrected chi connectivity index (χ2v) is 5.50. The molecule has 2 rings (SSSR count). The predicted octanol–water partition coefficient (Wildman–Crippen LogP) is 4.65. The van der Waals surface area contributed by atoms with Crippen LogP contribution >= 0.6 is 0 Å². The number of allylic oxidation sites excluding steroid dienone is 5. The first-order valence-electron chi connectivity index (χ1n) is 6.07. The molecule has 1 spiro atoms. The molecular formula is C15H22. The van der Waals surface area contributed by atoms with Crippen LogP contribution in [0.4, 0.5) is 0 Å². The number of rotatable bonds is 0. The highest BCUT2D eigenvalue weighted by molar-refractivity contribution is 5.35. The standard InChI is InChI=1S/C15H22/c1-11(2)14-8-9-15(10-14)12(3)6-5-7-13(15)4/h5-6,13H,3,7-10H2,1-2,4H3/t13?,15-/m1/s1. The summed E-state index contributed by atoms with van der Waals surface area (Å²) in [6.45, 7) is 11.2. The Morgan fingerprint density at radius 1 is 1.47 bits per heavy atom. The molecule has 0 nitrogen and oxygen atoms in total. The van der Waals surface area contributed by atoms with Gasteiger partial charge in [-0.25, -0.2) is 0 Å². The van der Waals surface area contributed by atoms with E-state index in [1.54, 1.807) is 5.57 Å². The number of hydrogen-bond donors (Lipinski definition) is 0. The smallest absolute Gasteiger partial charge is 0.00158 e. The van der Waals surface area contributed by atoms with Gasteiger partial charge in [-0.05, 0) is 51.0 Å². The Bertz CT molecular complexity index is 339. The van der Waals surface area contributed by atoms with E-state index in [4.69, 9.17) is 0 Å². The van der Waals surface area contributed by atoms with Crippen LogP contribution in [0, 0.1) is 11.3 Å². The van der Waals surface area contributed by atoms with Crippen LogP contribution in [0.15, 0.2) is 35.5 Å². The van der Waals surface area contributed by atoms with Crippen LogP contribution in [0.1, 0.15) is 46.5 Å². The minimum absolute atomic E-state index is 0.404. The first kappa shape index (κ1) is 10.7. The van der Waals surface area contributed by atoms with Gasteiger partial charge < -0.3 is 0 Å². The Hall–Kier alpha value is -0.780. The molecule has 0 bridgehead atoms. The lowest BCUT2D eigenvalue weighted by Gasteiger charge is -2.38. The van der Waals surface area contributed by atoms with Gasteiger partial charge in [0.05, 0.1) is 0 Å². The molecule has 2 aliphatic carbocycles. The minimum atomic E-state index is 0.404. The van der Waals surface area contributed by atoms with Crippen LogP contribution in [0.2, 0.25) is 0 Å². The van der Waals surface area contributed by atoms with Gasteiger partial charge in [0.15, 0.2) is 0 Å². The van der Waals surface area contributed by atoms with Gasteiger partial charge in [-0.2, -0.15) is 0 Å². The zero-order valence-corrected chi connectivity index (χ0v) is 10.3. The van der Waals surface area contributed by atoms with Crippen molar-refractivity contribution in [2.75, 3.05) is 0 Å². The van der Waals surface area contributed by atoms with E-state index in [9.17, 15) is 0 Å². The predicted molar refractivity (Wildman–Crippen MR) is 66.7 cm³/mol. The monoisotopic (exact) mass is 202 g/mol. The maximum Gasteiger partial charge on any atom is 0.00158 e. The van der Waals surface area contributed by atoms with Crippen molar-refractivity contribution in [2.24, 2.45) is 11.3 Å². The van der Waals surface area contributed by atoms with E-state index in [1.165, 1.54) is 36.8 Å². The molecule has 0 aliphatic heterocycles. The molecule has 0 heterocycles. The van der Waals surface area contributed by atoms with Crippen LogP contribution in [-0.4, -0.2) is 0 Å². The topological polar surface area (TPSA) is 0 Å². The molecule has 0 aromatic heterocycles. The molecule has 0 saturated heterocycles. The van der Waals surface area contributed by atoms with Gasteiger partial charge in [0, 0.05) is 5.41 Å². The Morgan fingerprint density at radius 2 is 2.20 bits per heavy atom. The summed E-state index contributed by atoms with van der Waals surface area (Å²) >= 11 is 0. The van der Waals surface area contributed by atoms with Crippen molar-refractivity contribution >= 4 is 0 Å². The second-order valence-electron chi connectivity index (χ2n) is 5.50. The summed E-state index contributed by atoms with van der Waals surface area (Å²) in [6, 6.07) is 0. The third-order valence-corrected chi connectivity index (χ3v) is 4.50. The molecule has 2 atom stereocenters. The van der Waals surface area contributed by atoms with Gasteiger partial charge in [0.2, 0.25) is 0 Å². The third-order valence-electron chi connectivity index (χ3n) is 4.50. The van der Waals surface area contributed by atoms with Gasteiger partial charge in [0.1, 0.15) is 0 Å². The summed E-state index contributed by atoms with van der Waals surface area (Å²) < 4.78 is 0. The van der Waals surface area contributed by atoms with Crippen LogP contribution in [-0.2, 0) is 0 Å². The van der Waals surface area contributed by atoms with Crippen LogP contribution in [0.5, 0.6) is 0 Å². The van der Waals surface area contributed by atoms with Crippen molar-refractivity contribution in [3.8, 4) is 0 Å². The van der Waals surface area contributed by atoms with Crippen molar-refractivity contribution in [3.05, 3.63) is 35.5 Å². The van der Waals surface area contributed by atoms with E-state index in [0.29, 0.717) is 5.41 Å². The normalized spacial score (nSPS) is 35.3. The summed E-state index contributed by atoms with van der Waals surface area (Å²) in [7, 11) is 0. The zero-order chi connectivity index (χ0) is 11.1. The lowest BCUT2D eigenvalue weighted by Crippen LogP contribution is -2.29. The molecule has 1 saturated carbocycles. The third kappa shape index (κ3) is 1.60. The van der Waals surface area contributed by atoms with Crippen LogP contribution < -0.4 is 0 Å². The Morgan fingerprint density at radius 3 is 2.73 bits per heavy atom. The van der Waals surface area contributed by atoms with E-state index < -0.39 is 0 Å². The van der Waals surface area contributed by atoms with E-state index in [2.05, 4.69) is 39.5 Å². The molecule has 15 heavy (non-hydrogen) atoms. The molecule has 0 N–H and O–H groups in total. The number of hydrogen-bond acceptors (Lipinski definition) is 0. The minimum Gasteiger partial charge on any atom is -0.0953 e. The molecule has 1 fully saturated rings. The zero-order valence-electron chi connectivity index (χ0n) is 10.3. The quantitative estimate of drug-likeness (QED) is 0.502. The summed E-state index contributed by atoms with van der Waals surface area (Å²) in [6.07, 6.45) is 9.65. The molecule has 0 radical (unpaired) electrons. The highest BCUT2D eigenvalue weighted by atomic mass is 14.5. The van der Waals surface area contributed by atoms with Crippen molar-refractivity contribution in [2.45, 2.75) is 46.5 Å². The Kier molecular flexibility index (Phi) is 2.62. The molecule has 1 unspecified atom stereocenters. The van der Waals surface area contributed by atoms with Gasteiger partial charge in [0.25, 0.3) is 0 Å². The highest BCUT2D eigenvalue weighted by Gasteiger charge is 2.43. The first-order chi connectivity index (χ1) is 7.06. The molecular weight excluding hydrogens is 180 g/mol. The van der Waals surface area contributed by atoms with E-state index in [1.807, 2.05) is 0 Å². The van der Waals surface area contributed by atoms with Crippen molar-refractivity contribution in [3.63, 3.8) is 0 Å². The SMILES string of the molecule is C=C1C=CCC(C)[C@@]12CCC(=C(C)C)C2. The summed E-state index contributed by atoms with van der Waals surface area (Å²) in [5, 5.41) is 0. The molecule has 0 aromatic rings. The summed E-state index contributed by atoms with van der Waals surface area (Å²) in [4.78, 5) is 0. The van der Waals surface area contributed by atoms with Crippen molar-refractivity contribution < 1.29 is 0 Å². The fraction of sp³-hybridized carbons (Fsp3) is 0.600. The van der Waals surface area contributed by atoms with Gasteiger partial charge in [-0.1, -0.05) is 36.8 Å². The average Bonchev–Trinajstić information content (AvgIpc) is 2.61. The van der Waals surface area contributed by atoms with E-state index in [-0.39, 0.29) is 0 Å². The van der Waals surface area contributed by atoms with E-state index in [0.717, 1.165) is 5.92 Å². The van der Waals surface area contributed by atoms with Crippen LogP contribution in [0.25, 0.3) is 0 Å². The lowest BCUT2D eigenvalue weighted by molar-refractivity contribution is 0.240. The maximum atomic E-state index is 4.28. The summed E-state index contributed by atoms with van der Waals surface area (Å²) in [5.74, 6) is 0.770. The largest absolute Gasteiger partial charge is 0.0953 e. The van der Waals surface area contributed by atoms with Crippen LogP contribution in [0.3, 0.4) is 0 Å². The Balaban J connectivity index is 2.32. The molecule has 82 valence electrons. The fourth-order valence-electron chi connectivity index (χ4n) is 3.18.